The number of rotatable bonds is 6. The van der Waals surface area contributed by atoms with Gasteiger partial charge in [-0.15, -0.1) is 0 Å². The largest absolute Gasteiger partial charge is 0.223 e. The van der Waals surface area contributed by atoms with Gasteiger partial charge in [0.25, 0.3) is 0 Å². The van der Waals surface area contributed by atoms with E-state index in [4.69, 9.17) is 0 Å². The first-order chi connectivity index (χ1) is 10.1. The quantitative estimate of drug-likeness (QED) is 0.733. The van der Waals surface area contributed by atoms with E-state index in [-0.39, 0.29) is 5.75 Å². The summed E-state index contributed by atoms with van der Waals surface area (Å²) in [5, 5.41) is 0. The lowest BCUT2D eigenvalue weighted by atomic mass is 10.4. The fraction of sp³-hybridized carbons (Fsp3) is 0.176. The first-order valence-corrected chi connectivity index (χ1v) is 9.28. The predicted octanol–water partition coefficient (Wildman–Crippen LogP) is 4.55. The Balaban J connectivity index is 2.19. The normalized spacial score (nSPS) is 12.3. The minimum Gasteiger partial charge on any atom is -0.223 e. The fourth-order valence-corrected chi connectivity index (χ4v) is 4.67. The second-order valence-electron chi connectivity index (χ2n) is 4.57. The number of hydrogen-bond donors (Lipinski definition) is 0. The van der Waals surface area contributed by atoms with Crippen molar-refractivity contribution in [2.45, 2.75) is 23.1 Å². The number of hydrogen-bond acceptors (Lipinski definition) is 3. The van der Waals surface area contributed by atoms with Crippen molar-refractivity contribution in [3.8, 4) is 0 Å². The van der Waals surface area contributed by atoms with Crippen molar-refractivity contribution in [3.63, 3.8) is 0 Å². The van der Waals surface area contributed by atoms with Crippen molar-refractivity contribution < 1.29 is 8.42 Å². The zero-order valence-electron chi connectivity index (χ0n) is 11.9. The average Bonchev–Trinajstić information content (AvgIpc) is 2.49. The van der Waals surface area contributed by atoms with Crippen LogP contribution < -0.4 is 0 Å². The predicted molar refractivity (Wildman–Crippen MR) is 89.2 cm³/mol. The van der Waals surface area contributed by atoms with Crippen LogP contribution in [0.1, 0.15) is 13.3 Å². The molecule has 0 aliphatic rings. The van der Waals surface area contributed by atoms with Crippen molar-refractivity contribution in [1.82, 2.24) is 0 Å². The molecular weight excluding hydrogens is 300 g/mol. The average molecular weight is 318 g/mol. The van der Waals surface area contributed by atoms with Crippen LogP contribution in [0.25, 0.3) is 0 Å². The van der Waals surface area contributed by atoms with Crippen LogP contribution in [-0.2, 0) is 9.84 Å². The summed E-state index contributed by atoms with van der Waals surface area (Å²) in [6.07, 6.45) is 2.80. The first kappa shape index (κ1) is 15.9. The van der Waals surface area contributed by atoms with Gasteiger partial charge in [0.1, 0.15) is 0 Å². The lowest BCUT2D eigenvalue weighted by Crippen LogP contribution is -2.07. The Hall–Kier alpha value is -1.52. The molecule has 0 radical (unpaired) electrons. The van der Waals surface area contributed by atoms with Crippen LogP contribution in [0.5, 0.6) is 0 Å². The van der Waals surface area contributed by atoms with Gasteiger partial charge in [-0.25, -0.2) is 8.42 Å². The van der Waals surface area contributed by atoms with Crippen LogP contribution in [0.2, 0.25) is 0 Å². The van der Waals surface area contributed by atoms with Crippen LogP contribution >= 0.6 is 11.8 Å². The van der Waals surface area contributed by atoms with Gasteiger partial charge >= 0.3 is 0 Å². The minimum absolute atomic E-state index is 0.0460. The molecule has 0 aromatic heterocycles. The molecule has 0 amide bonds. The van der Waals surface area contributed by atoms with Crippen molar-refractivity contribution in [2.24, 2.45) is 0 Å². The summed E-state index contributed by atoms with van der Waals surface area (Å²) >= 11 is 1.52. The van der Waals surface area contributed by atoms with Crippen LogP contribution in [0.15, 0.2) is 81.4 Å². The first-order valence-electron chi connectivity index (χ1n) is 6.81. The van der Waals surface area contributed by atoms with Crippen molar-refractivity contribution in [2.75, 3.05) is 5.75 Å². The molecule has 21 heavy (non-hydrogen) atoms. The second-order valence-corrected chi connectivity index (χ2v) is 7.76. The van der Waals surface area contributed by atoms with Crippen LogP contribution in [-0.4, -0.2) is 14.2 Å². The van der Waals surface area contributed by atoms with Gasteiger partial charge in [-0.05, 0) is 30.7 Å². The smallest absolute Gasteiger partial charge is 0.183 e. The van der Waals surface area contributed by atoms with E-state index in [9.17, 15) is 8.42 Å². The molecule has 0 unspecified atom stereocenters. The van der Waals surface area contributed by atoms with E-state index < -0.39 is 9.84 Å². The van der Waals surface area contributed by atoms with Crippen molar-refractivity contribution in [3.05, 3.63) is 71.6 Å². The van der Waals surface area contributed by atoms with Gasteiger partial charge in [0.05, 0.1) is 10.6 Å². The summed E-state index contributed by atoms with van der Waals surface area (Å²) in [5.41, 5.74) is 0. The SMILES string of the molecule is CC/C=C(\CS(=O)(=O)c1ccccc1)Sc1ccccc1. The molecule has 4 heteroatoms. The fourth-order valence-electron chi connectivity index (χ4n) is 1.90. The Morgan fingerprint density at radius 2 is 1.57 bits per heavy atom. The Labute approximate surface area is 130 Å². The summed E-state index contributed by atoms with van der Waals surface area (Å²) in [7, 11) is -3.29. The van der Waals surface area contributed by atoms with E-state index in [1.165, 1.54) is 11.8 Å². The third-order valence-corrected chi connectivity index (χ3v) is 5.80. The van der Waals surface area contributed by atoms with Gasteiger partial charge in [-0.3, -0.25) is 0 Å². The van der Waals surface area contributed by atoms with Crippen molar-refractivity contribution in [1.29, 1.82) is 0 Å². The van der Waals surface area contributed by atoms with Gasteiger partial charge in [-0.1, -0.05) is 61.2 Å². The van der Waals surface area contributed by atoms with Crippen LogP contribution in [0.4, 0.5) is 0 Å². The summed E-state index contributed by atoms with van der Waals surface area (Å²) in [6.45, 7) is 2.01. The van der Waals surface area contributed by atoms with Crippen LogP contribution in [0, 0.1) is 0 Å². The number of sulfone groups is 1. The second kappa shape index (κ2) is 7.48. The lowest BCUT2D eigenvalue weighted by molar-refractivity contribution is 0.598. The van der Waals surface area contributed by atoms with Crippen molar-refractivity contribution >= 4 is 21.6 Å². The van der Waals surface area contributed by atoms with Gasteiger partial charge in [0, 0.05) is 9.80 Å². The van der Waals surface area contributed by atoms with E-state index in [1.807, 2.05) is 49.4 Å². The van der Waals surface area contributed by atoms with E-state index in [1.54, 1.807) is 24.3 Å². The van der Waals surface area contributed by atoms with E-state index in [0.29, 0.717) is 4.90 Å². The highest BCUT2D eigenvalue weighted by molar-refractivity contribution is 8.04. The third-order valence-electron chi connectivity index (χ3n) is 2.86. The molecule has 0 saturated carbocycles. The lowest BCUT2D eigenvalue weighted by Gasteiger charge is -2.09. The molecule has 2 nitrogen and oxygen atoms in total. The number of benzene rings is 2. The Morgan fingerprint density at radius 1 is 1.00 bits per heavy atom. The summed E-state index contributed by atoms with van der Waals surface area (Å²) in [4.78, 5) is 2.30. The van der Waals surface area contributed by atoms with Crippen LogP contribution in [0.3, 0.4) is 0 Å². The van der Waals surface area contributed by atoms with Gasteiger partial charge < -0.3 is 0 Å². The monoisotopic (exact) mass is 318 g/mol. The molecule has 110 valence electrons. The highest BCUT2D eigenvalue weighted by Gasteiger charge is 2.17. The summed E-state index contributed by atoms with van der Waals surface area (Å²) in [5.74, 6) is 0.0460. The summed E-state index contributed by atoms with van der Waals surface area (Å²) < 4.78 is 24.9. The van der Waals surface area contributed by atoms with E-state index in [2.05, 4.69) is 0 Å². The molecule has 0 saturated heterocycles. The van der Waals surface area contributed by atoms with E-state index >= 15 is 0 Å². The Bertz CT molecular complexity index is 690. The summed E-state index contributed by atoms with van der Waals surface area (Å²) in [6, 6.07) is 18.5. The molecule has 0 aliphatic carbocycles. The minimum atomic E-state index is -3.29. The standard InChI is InChI=1S/C17H18O2S2/c1-2-9-16(20-15-10-5-3-6-11-15)14-21(18,19)17-12-7-4-8-13-17/h3-13H,2,14H2,1H3/b16-9+. The molecule has 0 aliphatic heterocycles. The van der Waals surface area contributed by atoms with Gasteiger partial charge in [0.15, 0.2) is 9.84 Å². The highest BCUT2D eigenvalue weighted by atomic mass is 32.2. The molecular formula is C17H18O2S2. The molecule has 2 rings (SSSR count). The zero-order chi connectivity index (χ0) is 15.1. The maximum atomic E-state index is 12.5. The molecule has 0 heterocycles. The number of thioether (sulfide) groups is 1. The van der Waals surface area contributed by atoms with Gasteiger partial charge in [-0.2, -0.15) is 0 Å². The zero-order valence-corrected chi connectivity index (χ0v) is 13.5. The molecule has 0 atom stereocenters. The Kier molecular flexibility index (Phi) is 5.65. The van der Waals surface area contributed by atoms with Gasteiger partial charge in [0.2, 0.25) is 0 Å². The maximum Gasteiger partial charge on any atom is 0.183 e. The molecule has 0 spiro atoms. The molecule has 2 aromatic rings. The maximum absolute atomic E-state index is 12.5. The highest BCUT2D eigenvalue weighted by Crippen LogP contribution is 2.29. The molecule has 0 fully saturated rings. The molecule has 0 N–H and O–H groups in total. The Morgan fingerprint density at radius 3 is 2.14 bits per heavy atom. The molecule has 2 aromatic carbocycles. The van der Waals surface area contributed by atoms with E-state index in [0.717, 1.165) is 16.2 Å². The topological polar surface area (TPSA) is 34.1 Å². The third kappa shape index (κ3) is 4.76. The number of allylic oxidation sites excluding steroid dienone is 1. The molecule has 0 bridgehead atoms.